The van der Waals surface area contributed by atoms with Crippen molar-refractivity contribution in [1.29, 1.82) is 0 Å². The minimum atomic E-state index is -0.159. The molecule has 3 aliphatic rings. The highest BCUT2D eigenvalue weighted by atomic mass is 32.2. The van der Waals surface area contributed by atoms with Crippen LogP contribution >= 0.6 is 11.8 Å². The van der Waals surface area contributed by atoms with Crippen molar-refractivity contribution in [2.45, 2.75) is 9.79 Å². The molecule has 0 unspecified atom stereocenters. The van der Waals surface area contributed by atoms with Crippen LogP contribution in [-0.2, 0) is 0 Å². The highest BCUT2D eigenvalue weighted by Crippen LogP contribution is 2.48. The van der Waals surface area contributed by atoms with Crippen LogP contribution in [0.5, 0.6) is 11.5 Å². The Morgan fingerprint density at radius 1 is 0.304 bits per heavy atom. The van der Waals surface area contributed by atoms with Crippen molar-refractivity contribution in [3.8, 4) is 33.8 Å². The molecule has 0 fully saturated rings. The predicted octanol–water partition coefficient (Wildman–Crippen LogP) is 15.3. The molecular formula is C72H49B2N3OS. The molecule has 0 aliphatic carbocycles. The third-order valence-electron chi connectivity index (χ3n) is 15.8. The Balaban J connectivity index is 1.02. The van der Waals surface area contributed by atoms with E-state index in [2.05, 4.69) is 312 Å². The molecule has 4 nitrogen and oxygen atoms in total. The first-order valence-corrected chi connectivity index (χ1v) is 27.9. The molecule has 0 saturated heterocycles. The van der Waals surface area contributed by atoms with E-state index in [-0.39, 0.29) is 13.4 Å². The first-order chi connectivity index (χ1) is 39.2. The Labute approximate surface area is 466 Å². The highest BCUT2D eigenvalue weighted by Gasteiger charge is 2.45. The Bertz CT molecular complexity index is 4080. The molecule has 7 heteroatoms. The molecule has 0 radical (unpaired) electrons. The van der Waals surface area contributed by atoms with Gasteiger partial charge in [-0.05, 0) is 130 Å². The molecule has 3 heterocycles. The highest BCUT2D eigenvalue weighted by molar-refractivity contribution is 8.00. The molecule has 0 atom stereocenters. The lowest BCUT2D eigenvalue weighted by molar-refractivity contribution is 0.487. The smallest absolute Gasteiger partial charge is 0.256 e. The second kappa shape index (κ2) is 19.7. The second-order valence-corrected chi connectivity index (χ2v) is 21.4. The van der Waals surface area contributed by atoms with Crippen molar-refractivity contribution in [1.82, 2.24) is 0 Å². The van der Waals surface area contributed by atoms with Gasteiger partial charge >= 0.3 is 0 Å². The maximum absolute atomic E-state index is 7.20. The third-order valence-corrected chi connectivity index (χ3v) is 16.9. The molecule has 0 amide bonds. The molecule has 0 saturated carbocycles. The van der Waals surface area contributed by atoms with E-state index in [4.69, 9.17) is 4.74 Å². The Hall–Kier alpha value is -9.68. The van der Waals surface area contributed by atoms with Crippen molar-refractivity contribution in [2.24, 2.45) is 0 Å². The molecule has 0 spiro atoms. The first-order valence-electron chi connectivity index (χ1n) is 27.1. The molecule has 79 heavy (non-hydrogen) atoms. The number of ether oxygens (including phenoxy) is 1. The number of para-hydroxylation sites is 6. The van der Waals surface area contributed by atoms with E-state index < -0.39 is 0 Å². The monoisotopic (exact) mass is 1030 g/mol. The van der Waals surface area contributed by atoms with Crippen molar-refractivity contribution < 1.29 is 4.74 Å². The topological polar surface area (TPSA) is 19.0 Å². The molecule has 15 rings (SSSR count). The Morgan fingerprint density at radius 2 is 0.785 bits per heavy atom. The number of fused-ring (bicyclic) bond motifs is 6. The molecule has 370 valence electrons. The van der Waals surface area contributed by atoms with Gasteiger partial charge in [-0.3, -0.25) is 0 Å². The van der Waals surface area contributed by atoms with E-state index >= 15 is 0 Å². The van der Waals surface area contributed by atoms with Crippen LogP contribution in [0, 0.1) is 0 Å². The van der Waals surface area contributed by atoms with E-state index in [1.54, 1.807) is 0 Å². The van der Waals surface area contributed by atoms with E-state index in [1.165, 1.54) is 53.9 Å². The van der Waals surface area contributed by atoms with Gasteiger partial charge in [0.1, 0.15) is 11.5 Å². The summed E-state index contributed by atoms with van der Waals surface area (Å²) in [4.78, 5) is 9.67. The van der Waals surface area contributed by atoms with Crippen LogP contribution < -0.4 is 52.2 Å². The molecule has 12 aromatic carbocycles. The normalized spacial score (nSPS) is 12.5. The van der Waals surface area contributed by atoms with E-state index in [9.17, 15) is 0 Å². The zero-order valence-corrected chi connectivity index (χ0v) is 43.9. The van der Waals surface area contributed by atoms with Crippen LogP contribution in [0.2, 0.25) is 0 Å². The summed E-state index contributed by atoms with van der Waals surface area (Å²) >= 11 is 1.89. The van der Waals surface area contributed by atoms with Crippen molar-refractivity contribution >= 4 is 109 Å². The van der Waals surface area contributed by atoms with Crippen LogP contribution in [0.15, 0.2) is 307 Å². The van der Waals surface area contributed by atoms with Gasteiger partial charge in [-0.25, -0.2) is 0 Å². The van der Waals surface area contributed by atoms with Crippen LogP contribution in [0.1, 0.15) is 0 Å². The molecule has 0 N–H and O–H groups in total. The lowest BCUT2D eigenvalue weighted by atomic mass is 9.31. The average molecular weight is 1030 g/mol. The van der Waals surface area contributed by atoms with Gasteiger partial charge in [0.15, 0.2) is 0 Å². The Morgan fingerprint density at radius 3 is 1.35 bits per heavy atom. The minimum absolute atomic E-state index is 0.135. The fourth-order valence-electron chi connectivity index (χ4n) is 12.4. The fraction of sp³-hybridized carbons (Fsp3) is 0. The summed E-state index contributed by atoms with van der Waals surface area (Å²) in [5.41, 5.74) is 22.0. The molecule has 0 bridgehead atoms. The van der Waals surface area contributed by atoms with Gasteiger partial charge in [0.2, 0.25) is 6.71 Å². The zero-order chi connectivity index (χ0) is 52.2. The molecule has 3 aliphatic heterocycles. The summed E-state index contributed by atoms with van der Waals surface area (Å²) in [7, 11) is 0. The van der Waals surface area contributed by atoms with Crippen LogP contribution in [0.3, 0.4) is 0 Å². The number of hydrogen-bond acceptors (Lipinski definition) is 5. The van der Waals surface area contributed by atoms with Gasteiger partial charge in [0, 0.05) is 61.4 Å². The van der Waals surface area contributed by atoms with Crippen molar-refractivity contribution in [3.05, 3.63) is 297 Å². The summed E-state index contributed by atoms with van der Waals surface area (Å²) < 4.78 is 7.20. The van der Waals surface area contributed by atoms with Crippen molar-refractivity contribution in [3.63, 3.8) is 0 Å². The van der Waals surface area contributed by atoms with E-state index in [1.807, 2.05) is 11.8 Å². The lowest BCUT2D eigenvalue weighted by Gasteiger charge is -2.42. The predicted molar refractivity (Wildman–Crippen MR) is 334 cm³/mol. The number of anilines is 9. The average Bonchev–Trinajstić information content (AvgIpc) is 3.66. The van der Waals surface area contributed by atoms with Crippen LogP contribution in [-0.4, -0.2) is 13.4 Å². The van der Waals surface area contributed by atoms with Gasteiger partial charge in [-0.15, -0.1) is 0 Å². The zero-order valence-electron chi connectivity index (χ0n) is 43.1. The number of rotatable bonds is 10. The summed E-state index contributed by atoms with van der Waals surface area (Å²) in [5, 5.41) is 0. The first kappa shape index (κ1) is 46.6. The SMILES string of the molecule is c1ccc(-c2cccc(-c3ccccc3)c2B2c3ccc(N(c4ccccc4)c4ccccc4)cc3Sc3cc4c(cc32)B2c3ccccc3Oc3cc(N(c5ccccc5)c5ccccc5)cc(c32)N4c2ccccc2)cc1. The van der Waals surface area contributed by atoms with Crippen molar-refractivity contribution in [2.75, 3.05) is 14.7 Å². The molecular weight excluding hydrogens is 977 g/mol. The minimum Gasteiger partial charge on any atom is -0.458 e. The summed E-state index contributed by atoms with van der Waals surface area (Å²) in [5.74, 6) is 1.72. The van der Waals surface area contributed by atoms with Gasteiger partial charge < -0.3 is 19.4 Å². The summed E-state index contributed by atoms with van der Waals surface area (Å²) in [6, 6.07) is 108. The maximum atomic E-state index is 7.20. The van der Waals surface area contributed by atoms with E-state index in [0.29, 0.717) is 0 Å². The summed E-state index contributed by atoms with van der Waals surface area (Å²) in [6.45, 7) is -0.295. The standard InChI is InChI=1S/C72H49B2N3OS/c1-8-25-50(26-9-1)59-39-24-40-60(51-27-10-2-11-28-51)71(59)74-62-44-43-57(75(52-29-12-3-13-30-52)53-31-14-4-15-32-53)47-69(62)79-70-49-65-63(48-64(70)74)73-61-41-22-23-42-67(61)78-68-46-58(45-66(72(68)73)77(65)56-37-20-7-21-38-56)76(54-33-16-5-17-34-54)55-35-18-6-19-36-55/h1-49H. The van der Waals surface area contributed by atoms with Gasteiger partial charge in [0.05, 0.1) is 5.69 Å². The van der Waals surface area contributed by atoms with E-state index in [0.717, 1.165) is 73.6 Å². The quantitative estimate of drug-likeness (QED) is 0.127. The number of hydrogen-bond donors (Lipinski definition) is 0. The van der Waals surface area contributed by atoms with Crippen LogP contribution in [0.4, 0.5) is 51.2 Å². The fourth-order valence-corrected chi connectivity index (χ4v) is 13.6. The van der Waals surface area contributed by atoms with Gasteiger partial charge in [0.25, 0.3) is 6.71 Å². The number of nitrogens with zero attached hydrogens (tertiary/aromatic N) is 3. The second-order valence-electron chi connectivity index (χ2n) is 20.3. The summed E-state index contributed by atoms with van der Waals surface area (Å²) in [6.07, 6.45) is 0. The maximum Gasteiger partial charge on any atom is 0.256 e. The van der Waals surface area contributed by atoms with Crippen LogP contribution in [0.25, 0.3) is 22.3 Å². The third kappa shape index (κ3) is 8.12. The van der Waals surface area contributed by atoms with Gasteiger partial charge in [-0.1, -0.05) is 228 Å². The number of benzene rings is 12. The lowest BCUT2D eigenvalue weighted by Crippen LogP contribution is -2.62. The van der Waals surface area contributed by atoms with Gasteiger partial charge in [-0.2, -0.15) is 0 Å². The molecule has 0 aromatic heterocycles. The Kier molecular flexibility index (Phi) is 11.6. The molecule has 12 aromatic rings. The largest absolute Gasteiger partial charge is 0.458 e.